The highest BCUT2D eigenvalue weighted by atomic mass is 35.5. The number of carbonyl (C=O) groups excluding carboxylic acids is 3. The number of halogens is 1. The molecule has 1 aliphatic rings. The molecule has 1 heterocycles. The van der Waals surface area contributed by atoms with Gasteiger partial charge >= 0.3 is 0 Å². The van der Waals surface area contributed by atoms with E-state index in [-0.39, 0.29) is 34.9 Å². The van der Waals surface area contributed by atoms with Crippen LogP contribution in [0.1, 0.15) is 17.3 Å². The molecule has 1 aromatic rings. The van der Waals surface area contributed by atoms with Crippen LogP contribution in [0.5, 0.6) is 11.5 Å². The number of methoxy groups -OCH3 is 1. The number of nitrogens with two attached hydrogens (primary N) is 1. The van der Waals surface area contributed by atoms with E-state index in [9.17, 15) is 14.4 Å². The first-order valence-electron chi connectivity index (χ1n) is 7.67. The summed E-state index contributed by atoms with van der Waals surface area (Å²) in [5.74, 6) is -0.486. The van der Waals surface area contributed by atoms with Gasteiger partial charge in [0, 0.05) is 38.7 Å². The molecular formula is C16H20ClN3O5. The van der Waals surface area contributed by atoms with Crippen molar-refractivity contribution in [2.45, 2.75) is 6.92 Å². The maximum absolute atomic E-state index is 12.7. The van der Waals surface area contributed by atoms with Crippen molar-refractivity contribution in [2.24, 2.45) is 5.73 Å². The van der Waals surface area contributed by atoms with Crippen molar-refractivity contribution >= 4 is 29.3 Å². The summed E-state index contributed by atoms with van der Waals surface area (Å²) in [4.78, 5) is 38.2. The van der Waals surface area contributed by atoms with Crippen molar-refractivity contribution < 1.29 is 23.9 Å². The molecule has 8 nitrogen and oxygen atoms in total. The van der Waals surface area contributed by atoms with Gasteiger partial charge in [0.25, 0.3) is 11.8 Å². The summed E-state index contributed by atoms with van der Waals surface area (Å²) in [5.41, 5.74) is 5.39. The van der Waals surface area contributed by atoms with E-state index in [1.807, 2.05) is 0 Å². The Morgan fingerprint density at radius 1 is 1.16 bits per heavy atom. The van der Waals surface area contributed by atoms with E-state index in [1.54, 1.807) is 9.80 Å². The Balaban J connectivity index is 2.16. The molecule has 3 amide bonds. The number of primary amides is 1. The van der Waals surface area contributed by atoms with Crippen LogP contribution >= 0.6 is 11.6 Å². The average molecular weight is 370 g/mol. The molecule has 0 saturated carbocycles. The van der Waals surface area contributed by atoms with Crippen molar-refractivity contribution in [3.63, 3.8) is 0 Å². The molecule has 2 N–H and O–H groups in total. The zero-order valence-corrected chi connectivity index (χ0v) is 14.8. The van der Waals surface area contributed by atoms with Gasteiger partial charge in [-0.25, -0.2) is 0 Å². The summed E-state index contributed by atoms with van der Waals surface area (Å²) in [7, 11) is 1.41. The fraction of sp³-hybridized carbons (Fsp3) is 0.438. The quantitative estimate of drug-likeness (QED) is 0.815. The van der Waals surface area contributed by atoms with Crippen molar-refractivity contribution in [3.8, 4) is 11.5 Å². The molecule has 0 unspecified atom stereocenters. The van der Waals surface area contributed by atoms with Gasteiger partial charge in [0.15, 0.2) is 18.1 Å². The number of amides is 3. The third-order valence-corrected chi connectivity index (χ3v) is 4.13. The molecule has 1 aromatic carbocycles. The van der Waals surface area contributed by atoms with Crippen LogP contribution in [0, 0.1) is 0 Å². The van der Waals surface area contributed by atoms with E-state index in [0.717, 1.165) is 0 Å². The lowest BCUT2D eigenvalue weighted by molar-refractivity contribution is -0.130. The fourth-order valence-corrected chi connectivity index (χ4v) is 2.80. The van der Waals surface area contributed by atoms with Crippen LogP contribution in [0.15, 0.2) is 12.1 Å². The number of nitrogens with zero attached hydrogens (tertiary/aromatic N) is 2. The highest BCUT2D eigenvalue weighted by Gasteiger charge is 2.25. The van der Waals surface area contributed by atoms with Crippen molar-refractivity contribution in [2.75, 3.05) is 39.9 Å². The smallest absolute Gasteiger partial charge is 0.255 e. The molecule has 1 aliphatic heterocycles. The lowest BCUT2D eigenvalue weighted by Gasteiger charge is -2.34. The average Bonchev–Trinajstić information content (AvgIpc) is 2.59. The van der Waals surface area contributed by atoms with Gasteiger partial charge < -0.3 is 25.0 Å². The van der Waals surface area contributed by atoms with E-state index in [4.69, 9.17) is 26.8 Å². The molecule has 1 fully saturated rings. The Morgan fingerprint density at radius 2 is 1.76 bits per heavy atom. The van der Waals surface area contributed by atoms with E-state index < -0.39 is 5.91 Å². The second kappa shape index (κ2) is 8.06. The van der Waals surface area contributed by atoms with E-state index in [2.05, 4.69) is 0 Å². The molecule has 0 aliphatic carbocycles. The summed E-state index contributed by atoms with van der Waals surface area (Å²) in [6.07, 6.45) is 0. The van der Waals surface area contributed by atoms with Gasteiger partial charge in [0.1, 0.15) is 0 Å². The minimum absolute atomic E-state index is 0.00670. The predicted octanol–water partition coefficient (Wildman–Crippen LogP) is 0.517. The minimum atomic E-state index is -0.651. The molecule has 0 radical (unpaired) electrons. The van der Waals surface area contributed by atoms with Crippen LogP contribution in [0.25, 0.3) is 0 Å². The molecule has 1 saturated heterocycles. The molecule has 0 aromatic heterocycles. The molecule has 136 valence electrons. The maximum atomic E-state index is 12.7. The number of carbonyl (C=O) groups is 3. The molecule has 2 rings (SSSR count). The van der Waals surface area contributed by atoms with Crippen molar-refractivity contribution in [1.82, 2.24) is 9.80 Å². The predicted molar refractivity (Wildman–Crippen MR) is 90.9 cm³/mol. The monoisotopic (exact) mass is 369 g/mol. The molecule has 9 heteroatoms. The highest BCUT2D eigenvalue weighted by molar-refractivity contribution is 6.32. The van der Waals surface area contributed by atoms with Gasteiger partial charge in [-0.05, 0) is 12.1 Å². The van der Waals surface area contributed by atoms with E-state index in [0.29, 0.717) is 31.7 Å². The van der Waals surface area contributed by atoms with Gasteiger partial charge in [-0.2, -0.15) is 0 Å². The van der Waals surface area contributed by atoms with Crippen LogP contribution < -0.4 is 15.2 Å². The van der Waals surface area contributed by atoms with Crippen molar-refractivity contribution in [1.29, 1.82) is 0 Å². The zero-order valence-electron chi connectivity index (χ0n) is 14.1. The van der Waals surface area contributed by atoms with Crippen molar-refractivity contribution in [3.05, 3.63) is 22.7 Å². The SMILES string of the molecule is COc1cc(C(=O)N2CCN(C(C)=O)CC2)cc(Cl)c1OCC(N)=O. The summed E-state index contributed by atoms with van der Waals surface area (Å²) >= 11 is 6.16. The Bertz CT molecular complexity index is 687. The third-order valence-electron chi connectivity index (χ3n) is 3.85. The van der Waals surface area contributed by atoms with E-state index in [1.165, 1.54) is 26.2 Å². The number of piperazine rings is 1. The fourth-order valence-electron chi connectivity index (χ4n) is 2.53. The first-order chi connectivity index (χ1) is 11.8. The number of hydrogen-bond acceptors (Lipinski definition) is 5. The number of benzene rings is 1. The Labute approximate surface area is 150 Å². The largest absolute Gasteiger partial charge is 0.493 e. The minimum Gasteiger partial charge on any atom is -0.493 e. The number of ether oxygens (including phenoxy) is 2. The lowest BCUT2D eigenvalue weighted by Crippen LogP contribution is -2.50. The Kier molecular flexibility index (Phi) is 6.08. The summed E-state index contributed by atoms with van der Waals surface area (Å²) < 4.78 is 10.4. The third kappa shape index (κ3) is 4.54. The zero-order chi connectivity index (χ0) is 18.6. The lowest BCUT2D eigenvalue weighted by atomic mass is 10.1. The van der Waals surface area contributed by atoms with E-state index >= 15 is 0 Å². The Morgan fingerprint density at radius 3 is 2.28 bits per heavy atom. The number of hydrogen-bond donors (Lipinski definition) is 1. The first-order valence-corrected chi connectivity index (χ1v) is 8.04. The standard InChI is InChI=1S/C16H20ClN3O5/c1-10(21)19-3-5-20(6-4-19)16(23)11-7-12(17)15(13(8-11)24-2)25-9-14(18)22/h7-8H,3-6,9H2,1-2H3,(H2,18,22). The molecular weight excluding hydrogens is 350 g/mol. The summed E-state index contributed by atoms with van der Waals surface area (Å²) in [5, 5.41) is 0.145. The van der Waals surface area contributed by atoms with Crippen LogP contribution in [0.2, 0.25) is 5.02 Å². The molecule has 0 atom stereocenters. The molecule has 0 bridgehead atoms. The normalized spacial score (nSPS) is 14.2. The van der Waals surface area contributed by atoms with Crippen LogP contribution in [-0.2, 0) is 9.59 Å². The van der Waals surface area contributed by atoms with Crippen LogP contribution in [0.4, 0.5) is 0 Å². The topological polar surface area (TPSA) is 102 Å². The highest BCUT2D eigenvalue weighted by Crippen LogP contribution is 2.36. The van der Waals surface area contributed by atoms with Gasteiger partial charge in [0.2, 0.25) is 5.91 Å². The second-order valence-corrected chi connectivity index (χ2v) is 5.95. The number of rotatable bonds is 5. The van der Waals surface area contributed by atoms with Crippen LogP contribution in [0.3, 0.4) is 0 Å². The first kappa shape index (κ1) is 18.9. The van der Waals surface area contributed by atoms with Crippen LogP contribution in [-0.4, -0.2) is 67.4 Å². The summed E-state index contributed by atoms with van der Waals surface area (Å²) in [6, 6.07) is 2.96. The Hall–Kier alpha value is -2.48. The molecule has 25 heavy (non-hydrogen) atoms. The summed E-state index contributed by atoms with van der Waals surface area (Å²) in [6.45, 7) is 3.03. The second-order valence-electron chi connectivity index (χ2n) is 5.54. The van der Waals surface area contributed by atoms with Gasteiger partial charge in [-0.3, -0.25) is 14.4 Å². The van der Waals surface area contributed by atoms with Gasteiger partial charge in [-0.15, -0.1) is 0 Å². The van der Waals surface area contributed by atoms with Gasteiger partial charge in [0.05, 0.1) is 12.1 Å². The maximum Gasteiger partial charge on any atom is 0.255 e. The van der Waals surface area contributed by atoms with Gasteiger partial charge in [-0.1, -0.05) is 11.6 Å². The molecule has 0 spiro atoms.